The summed E-state index contributed by atoms with van der Waals surface area (Å²) < 4.78 is 2.44. The van der Waals surface area contributed by atoms with Gasteiger partial charge in [-0.2, -0.15) is 0 Å². The minimum atomic E-state index is 0.671. The van der Waals surface area contributed by atoms with Crippen LogP contribution in [0.5, 0.6) is 0 Å². The smallest absolute Gasteiger partial charge is 0.106 e. The molecule has 2 nitrogen and oxygen atoms in total. The van der Waals surface area contributed by atoms with E-state index in [-0.39, 0.29) is 0 Å². The highest BCUT2D eigenvalue weighted by Gasteiger charge is 2.13. The van der Waals surface area contributed by atoms with Crippen LogP contribution >= 0.6 is 0 Å². The molecule has 0 spiro atoms. The summed E-state index contributed by atoms with van der Waals surface area (Å²) in [4.78, 5) is 4.58. The van der Waals surface area contributed by atoms with Crippen LogP contribution in [0.2, 0.25) is 0 Å². The molecule has 0 bridgehead atoms. The van der Waals surface area contributed by atoms with Crippen LogP contribution in [0.25, 0.3) is 0 Å². The monoisotopic (exact) mass is 278 g/mol. The zero-order chi connectivity index (χ0) is 14.8. The van der Waals surface area contributed by atoms with Crippen molar-refractivity contribution in [1.29, 1.82) is 0 Å². The third-order valence-electron chi connectivity index (χ3n) is 4.21. The van der Waals surface area contributed by atoms with Crippen LogP contribution in [-0.2, 0) is 0 Å². The van der Waals surface area contributed by atoms with E-state index in [9.17, 15) is 0 Å². The summed E-state index contributed by atoms with van der Waals surface area (Å²) in [5.74, 6) is 1.19. The molecule has 1 heterocycles. The summed E-state index contributed by atoms with van der Waals surface area (Å²) in [5, 5.41) is 0. The molecule has 0 N–H and O–H groups in total. The SMILES string of the molecule is CCCCCCCC(CCCCC)n1cc(C)nc1C. The van der Waals surface area contributed by atoms with Crippen LogP contribution in [-0.4, -0.2) is 9.55 Å². The molecular weight excluding hydrogens is 244 g/mol. The standard InChI is InChI=1S/C18H34N2/c1-5-7-9-10-12-14-18(13-11-8-6-2)20-15-16(3)19-17(20)4/h15,18H,5-14H2,1-4H3. The Balaban J connectivity index is 2.49. The molecule has 2 heteroatoms. The Morgan fingerprint density at radius 2 is 1.45 bits per heavy atom. The molecule has 0 amide bonds. The second kappa shape index (κ2) is 10.0. The first-order valence-electron chi connectivity index (χ1n) is 8.71. The van der Waals surface area contributed by atoms with Crippen LogP contribution in [0, 0.1) is 13.8 Å². The fourth-order valence-corrected chi connectivity index (χ4v) is 3.04. The van der Waals surface area contributed by atoms with Gasteiger partial charge in [-0.25, -0.2) is 4.98 Å². The molecule has 1 unspecified atom stereocenters. The number of nitrogens with zero attached hydrogens (tertiary/aromatic N) is 2. The molecule has 116 valence electrons. The van der Waals surface area contributed by atoms with Gasteiger partial charge in [0.15, 0.2) is 0 Å². The van der Waals surface area contributed by atoms with Crippen molar-refractivity contribution in [2.45, 2.75) is 97.9 Å². The van der Waals surface area contributed by atoms with Gasteiger partial charge in [0.25, 0.3) is 0 Å². The Morgan fingerprint density at radius 1 is 0.900 bits per heavy atom. The molecule has 0 radical (unpaired) electrons. The number of aryl methyl sites for hydroxylation is 2. The summed E-state index contributed by atoms with van der Waals surface area (Å²) in [5.41, 5.74) is 1.16. The first-order valence-corrected chi connectivity index (χ1v) is 8.71. The van der Waals surface area contributed by atoms with Gasteiger partial charge in [-0.1, -0.05) is 65.2 Å². The number of rotatable bonds is 11. The molecule has 0 aliphatic heterocycles. The fraction of sp³-hybridized carbons (Fsp3) is 0.833. The number of hydrogen-bond acceptors (Lipinski definition) is 1. The normalized spacial score (nSPS) is 12.8. The number of imidazole rings is 1. The van der Waals surface area contributed by atoms with Crippen LogP contribution in [0.15, 0.2) is 6.20 Å². The second-order valence-corrected chi connectivity index (χ2v) is 6.19. The lowest BCUT2D eigenvalue weighted by atomic mass is 10.0. The number of hydrogen-bond donors (Lipinski definition) is 0. The maximum atomic E-state index is 4.58. The average Bonchev–Trinajstić information content (AvgIpc) is 2.75. The Morgan fingerprint density at radius 3 is 2.00 bits per heavy atom. The minimum absolute atomic E-state index is 0.671. The molecule has 0 aliphatic carbocycles. The highest BCUT2D eigenvalue weighted by molar-refractivity contribution is 5.02. The number of unbranched alkanes of at least 4 members (excludes halogenated alkanes) is 6. The first-order chi connectivity index (χ1) is 9.69. The van der Waals surface area contributed by atoms with Crippen LogP contribution < -0.4 is 0 Å². The minimum Gasteiger partial charge on any atom is -0.332 e. The summed E-state index contributed by atoms with van der Waals surface area (Å²) in [6.45, 7) is 8.82. The Labute approximate surface area is 126 Å². The lowest BCUT2D eigenvalue weighted by molar-refractivity contribution is 0.391. The molecule has 0 fully saturated rings. The predicted molar refractivity (Wildman–Crippen MR) is 88.3 cm³/mol. The van der Waals surface area contributed by atoms with Crippen molar-refractivity contribution in [2.75, 3.05) is 0 Å². The van der Waals surface area contributed by atoms with E-state index in [2.05, 4.69) is 43.4 Å². The van der Waals surface area contributed by atoms with Crippen molar-refractivity contribution in [3.63, 3.8) is 0 Å². The summed E-state index contributed by atoms with van der Waals surface area (Å²) in [6, 6.07) is 0.671. The van der Waals surface area contributed by atoms with E-state index in [4.69, 9.17) is 0 Å². The predicted octanol–water partition coefficient (Wildman–Crippen LogP) is 5.98. The molecule has 1 rings (SSSR count). The van der Waals surface area contributed by atoms with Crippen LogP contribution in [0.1, 0.15) is 95.6 Å². The van der Waals surface area contributed by atoms with Crippen molar-refractivity contribution in [3.8, 4) is 0 Å². The largest absolute Gasteiger partial charge is 0.332 e. The van der Waals surface area contributed by atoms with E-state index < -0.39 is 0 Å². The van der Waals surface area contributed by atoms with E-state index in [1.807, 2.05) is 0 Å². The molecule has 20 heavy (non-hydrogen) atoms. The second-order valence-electron chi connectivity index (χ2n) is 6.19. The quantitative estimate of drug-likeness (QED) is 0.455. The molecular formula is C18H34N2. The molecule has 0 aromatic carbocycles. The van der Waals surface area contributed by atoms with Crippen molar-refractivity contribution >= 4 is 0 Å². The van der Waals surface area contributed by atoms with Gasteiger partial charge in [-0.3, -0.25) is 0 Å². The molecule has 1 atom stereocenters. The summed E-state index contributed by atoms with van der Waals surface area (Å²) in [6.07, 6.45) is 15.8. The van der Waals surface area contributed by atoms with E-state index in [1.54, 1.807) is 0 Å². The molecule has 0 saturated carbocycles. The first kappa shape index (κ1) is 17.3. The maximum Gasteiger partial charge on any atom is 0.106 e. The van der Waals surface area contributed by atoms with Crippen LogP contribution in [0.4, 0.5) is 0 Å². The Bertz CT molecular complexity index is 354. The van der Waals surface area contributed by atoms with E-state index >= 15 is 0 Å². The van der Waals surface area contributed by atoms with E-state index in [0.29, 0.717) is 6.04 Å². The van der Waals surface area contributed by atoms with Crippen molar-refractivity contribution in [3.05, 3.63) is 17.7 Å². The van der Waals surface area contributed by atoms with Gasteiger partial charge in [0.05, 0.1) is 5.69 Å². The van der Waals surface area contributed by atoms with E-state index in [0.717, 1.165) is 5.69 Å². The van der Waals surface area contributed by atoms with Gasteiger partial charge in [-0.05, 0) is 26.7 Å². The van der Waals surface area contributed by atoms with Gasteiger partial charge in [0, 0.05) is 12.2 Å². The van der Waals surface area contributed by atoms with Gasteiger partial charge >= 0.3 is 0 Å². The number of aromatic nitrogens is 2. The lowest BCUT2D eigenvalue weighted by Crippen LogP contribution is -2.10. The fourth-order valence-electron chi connectivity index (χ4n) is 3.04. The van der Waals surface area contributed by atoms with Gasteiger partial charge in [0.1, 0.15) is 5.82 Å². The van der Waals surface area contributed by atoms with Crippen molar-refractivity contribution < 1.29 is 0 Å². The third-order valence-corrected chi connectivity index (χ3v) is 4.21. The molecule has 0 aliphatic rings. The Hall–Kier alpha value is -0.790. The van der Waals surface area contributed by atoms with Gasteiger partial charge in [-0.15, -0.1) is 0 Å². The summed E-state index contributed by atoms with van der Waals surface area (Å²) in [7, 11) is 0. The topological polar surface area (TPSA) is 17.8 Å². The summed E-state index contributed by atoms with van der Waals surface area (Å²) >= 11 is 0. The molecule has 1 aromatic rings. The van der Waals surface area contributed by atoms with Crippen molar-refractivity contribution in [2.24, 2.45) is 0 Å². The van der Waals surface area contributed by atoms with Crippen molar-refractivity contribution in [1.82, 2.24) is 9.55 Å². The Kier molecular flexibility index (Phi) is 8.64. The van der Waals surface area contributed by atoms with Gasteiger partial charge in [0.2, 0.25) is 0 Å². The zero-order valence-corrected chi connectivity index (χ0v) is 14.1. The maximum absolute atomic E-state index is 4.58. The zero-order valence-electron chi connectivity index (χ0n) is 14.1. The highest BCUT2D eigenvalue weighted by Crippen LogP contribution is 2.25. The third kappa shape index (κ3) is 6.11. The average molecular weight is 278 g/mol. The van der Waals surface area contributed by atoms with E-state index in [1.165, 1.54) is 70.0 Å². The highest BCUT2D eigenvalue weighted by atomic mass is 15.1. The molecule has 1 aromatic heterocycles. The molecule has 0 saturated heterocycles. The van der Waals surface area contributed by atoms with Gasteiger partial charge < -0.3 is 4.57 Å². The lowest BCUT2D eigenvalue weighted by Gasteiger charge is -2.20. The van der Waals surface area contributed by atoms with Crippen LogP contribution in [0.3, 0.4) is 0 Å².